The Balaban J connectivity index is 1.82. The van der Waals surface area contributed by atoms with Crippen LogP contribution < -0.4 is 10.9 Å². The summed E-state index contributed by atoms with van der Waals surface area (Å²) in [6, 6.07) is 10.3. The number of amides is 1. The summed E-state index contributed by atoms with van der Waals surface area (Å²) in [6.45, 7) is 0. The molecule has 0 saturated carbocycles. The zero-order valence-electron chi connectivity index (χ0n) is 12.2. The van der Waals surface area contributed by atoms with Crippen LogP contribution in [-0.2, 0) is 6.42 Å². The van der Waals surface area contributed by atoms with Crippen molar-refractivity contribution in [2.45, 2.75) is 12.5 Å². The first kappa shape index (κ1) is 15.2. The molecule has 0 aliphatic carbocycles. The van der Waals surface area contributed by atoms with Gasteiger partial charge in [-0.25, -0.2) is 0 Å². The number of hydrogen-bond donors (Lipinski definition) is 2. The maximum Gasteiger partial charge on any atom is 0.253 e. The van der Waals surface area contributed by atoms with E-state index in [1.807, 2.05) is 29.6 Å². The van der Waals surface area contributed by atoms with E-state index in [4.69, 9.17) is 0 Å². The fraction of sp³-hybridized carbons (Fsp3) is 0.118. The Morgan fingerprint density at radius 1 is 1.26 bits per heavy atom. The number of carbonyl (C=O) groups is 1. The number of pyridine rings is 2. The molecule has 5 nitrogen and oxygen atoms in total. The standard InChI is InChI=1S/C17H15N3O2S/c21-16-5-4-13(10-19-16)17(22)20-15(9-12-6-8-23-11-12)14-3-1-2-7-18-14/h1-8,10-11,15H,9H2,(H,19,21)(H,20,22). The molecule has 1 amide bonds. The fourth-order valence-electron chi connectivity index (χ4n) is 2.25. The summed E-state index contributed by atoms with van der Waals surface area (Å²) in [4.78, 5) is 30.4. The van der Waals surface area contributed by atoms with Gasteiger partial charge in [-0.15, -0.1) is 0 Å². The van der Waals surface area contributed by atoms with Crippen molar-refractivity contribution in [2.24, 2.45) is 0 Å². The third-order valence-corrected chi connectivity index (χ3v) is 4.15. The van der Waals surface area contributed by atoms with E-state index >= 15 is 0 Å². The normalized spacial score (nSPS) is 11.8. The number of nitrogens with one attached hydrogen (secondary N) is 2. The lowest BCUT2D eigenvalue weighted by Gasteiger charge is -2.18. The Labute approximate surface area is 137 Å². The Hall–Kier alpha value is -2.73. The molecular formula is C17H15N3O2S. The highest BCUT2D eigenvalue weighted by molar-refractivity contribution is 7.07. The van der Waals surface area contributed by atoms with Crippen molar-refractivity contribution in [1.82, 2.24) is 15.3 Å². The van der Waals surface area contributed by atoms with Crippen molar-refractivity contribution in [3.63, 3.8) is 0 Å². The van der Waals surface area contributed by atoms with Gasteiger partial charge in [0.2, 0.25) is 5.56 Å². The molecule has 1 atom stereocenters. The molecule has 2 N–H and O–H groups in total. The second kappa shape index (κ2) is 7.02. The molecule has 0 aliphatic rings. The second-order valence-electron chi connectivity index (χ2n) is 5.06. The molecule has 0 spiro atoms. The minimum atomic E-state index is -0.243. The highest BCUT2D eigenvalue weighted by Crippen LogP contribution is 2.19. The Morgan fingerprint density at radius 2 is 2.17 bits per heavy atom. The lowest BCUT2D eigenvalue weighted by Crippen LogP contribution is -2.30. The van der Waals surface area contributed by atoms with Gasteiger partial charge in [-0.1, -0.05) is 6.07 Å². The first-order valence-corrected chi connectivity index (χ1v) is 8.08. The molecule has 116 valence electrons. The minimum absolute atomic E-state index is 0.231. The number of H-pyrrole nitrogens is 1. The predicted molar refractivity (Wildman–Crippen MR) is 89.5 cm³/mol. The van der Waals surface area contributed by atoms with Crippen LogP contribution in [0, 0.1) is 0 Å². The number of aromatic nitrogens is 2. The molecule has 3 heterocycles. The third-order valence-electron chi connectivity index (χ3n) is 3.42. The highest BCUT2D eigenvalue weighted by Gasteiger charge is 2.17. The van der Waals surface area contributed by atoms with Crippen LogP contribution in [0.5, 0.6) is 0 Å². The lowest BCUT2D eigenvalue weighted by molar-refractivity contribution is 0.0935. The Kier molecular flexibility index (Phi) is 4.63. The van der Waals surface area contributed by atoms with Gasteiger partial charge >= 0.3 is 0 Å². The number of aromatic amines is 1. The topological polar surface area (TPSA) is 74.8 Å². The van der Waals surface area contributed by atoms with Crippen molar-refractivity contribution in [3.05, 3.63) is 86.7 Å². The van der Waals surface area contributed by atoms with Crippen molar-refractivity contribution in [1.29, 1.82) is 0 Å². The van der Waals surface area contributed by atoms with Crippen molar-refractivity contribution in [2.75, 3.05) is 0 Å². The predicted octanol–water partition coefficient (Wildman–Crippen LogP) is 2.55. The lowest BCUT2D eigenvalue weighted by atomic mass is 10.0. The third kappa shape index (κ3) is 3.92. The average Bonchev–Trinajstić information content (AvgIpc) is 3.09. The van der Waals surface area contributed by atoms with E-state index in [2.05, 4.69) is 20.7 Å². The van der Waals surface area contributed by atoms with Crippen LogP contribution in [0.2, 0.25) is 0 Å². The molecule has 1 unspecified atom stereocenters. The van der Waals surface area contributed by atoms with E-state index in [1.54, 1.807) is 17.5 Å². The zero-order chi connectivity index (χ0) is 16.1. The first-order chi connectivity index (χ1) is 11.2. The van der Waals surface area contributed by atoms with E-state index in [-0.39, 0.29) is 17.5 Å². The van der Waals surface area contributed by atoms with Crippen LogP contribution >= 0.6 is 11.3 Å². The summed E-state index contributed by atoms with van der Waals surface area (Å²) < 4.78 is 0. The van der Waals surface area contributed by atoms with E-state index in [1.165, 1.54) is 18.3 Å². The number of thiophene rings is 1. The summed E-state index contributed by atoms with van der Waals surface area (Å²) in [5, 5.41) is 7.05. The van der Waals surface area contributed by atoms with Gasteiger partial charge in [-0.05, 0) is 47.0 Å². The molecular weight excluding hydrogens is 310 g/mol. The van der Waals surface area contributed by atoms with Gasteiger partial charge in [0.15, 0.2) is 0 Å². The van der Waals surface area contributed by atoms with Crippen LogP contribution in [0.4, 0.5) is 0 Å². The molecule has 0 aromatic carbocycles. The van der Waals surface area contributed by atoms with Crippen molar-refractivity contribution >= 4 is 17.2 Å². The molecule has 0 radical (unpaired) electrons. The maximum absolute atomic E-state index is 12.4. The van der Waals surface area contributed by atoms with Gasteiger partial charge in [0, 0.05) is 18.5 Å². The van der Waals surface area contributed by atoms with E-state index in [0.717, 1.165) is 11.3 Å². The van der Waals surface area contributed by atoms with Crippen molar-refractivity contribution in [3.8, 4) is 0 Å². The van der Waals surface area contributed by atoms with Gasteiger partial charge in [-0.2, -0.15) is 11.3 Å². The van der Waals surface area contributed by atoms with Gasteiger partial charge in [0.1, 0.15) is 0 Å². The maximum atomic E-state index is 12.4. The molecule has 3 aromatic rings. The number of hydrogen-bond acceptors (Lipinski definition) is 4. The van der Waals surface area contributed by atoms with Crippen molar-refractivity contribution < 1.29 is 4.79 Å². The molecule has 3 aromatic heterocycles. The second-order valence-corrected chi connectivity index (χ2v) is 5.84. The Bertz CT molecular complexity index is 808. The van der Waals surface area contributed by atoms with Crippen LogP contribution in [-0.4, -0.2) is 15.9 Å². The molecule has 0 fully saturated rings. The van der Waals surface area contributed by atoms with Crippen LogP contribution in [0.1, 0.15) is 27.7 Å². The van der Waals surface area contributed by atoms with E-state index in [9.17, 15) is 9.59 Å². The smallest absolute Gasteiger partial charge is 0.253 e. The van der Waals surface area contributed by atoms with Gasteiger partial charge in [0.25, 0.3) is 5.91 Å². The summed E-state index contributed by atoms with van der Waals surface area (Å²) in [7, 11) is 0. The Morgan fingerprint density at radius 3 is 2.83 bits per heavy atom. The quantitative estimate of drug-likeness (QED) is 0.757. The van der Waals surface area contributed by atoms with E-state index < -0.39 is 0 Å². The van der Waals surface area contributed by atoms with E-state index in [0.29, 0.717) is 12.0 Å². The van der Waals surface area contributed by atoms with Gasteiger partial charge in [-0.3, -0.25) is 14.6 Å². The molecule has 23 heavy (non-hydrogen) atoms. The number of rotatable bonds is 5. The summed E-state index contributed by atoms with van der Waals surface area (Å²) >= 11 is 1.62. The summed E-state index contributed by atoms with van der Waals surface area (Å²) in [6.07, 6.45) is 3.79. The summed E-state index contributed by atoms with van der Waals surface area (Å²) in [5.41, 5.74) is 2.13. The molecule has 0 aliphatic heterocycles. The number of carbonyl (C=O) groups excluding carboxylic acids is 1. The molecule has 0 saturated heterocycles. The van der Waals surface area contributed by atoms with Crippen LogP contribution in [0.15, 0.2) is 64.3 Å². The largest absolute Gasteiger partial charge is 0.343 e. The van der Waals surface area contributed by atoms with Crippen LogP contribution in [0.25, 0.3) is 0 Å². The average molecular weight is 325 g/mol. The highest BCUT2D eigenvalue weighted by atomic mass is 32.1. The first-order valence-electron chi connectivity index (χ1n) is 7.14. The fourth-order valence-corrected chi connectivity index (χ4v) is 2.93. The number of nitrogens with zero attached hydrogens (tertiary/aromatic N) is 1. The monoisotopic (exact) mass is 325 g/mol. The molecule has 0 bridgehead atoms. The van der Waals surface area contributed by atoms with Gasteiger partial charge < -0.3 is 10.3 Å². The molecule has 6 heteroatoms. The summed E-state index contributed by atoms with van der Waals surface area (Å²) in [5.74, 6) is -0.243. The zero-order valence-corrected chi connectivity index (χ0v) is 13.0. The SMILES string of the molecule is O=C(NC(Cc1ccsc1)c1ccccn1)c1ccc(=O)[nH]c1. The van der Waals surface area contributed by atoms with Crippen LogP contribution in [0.3, 0.4) is 0 Å². The van der Waals surface area contributed by atoms with Gasteiger partial charge in [0.05, 0.1) is 17.3 Å². The minimum Gasteiger partial charge on any atom is -0.343 e. The molecule has 3 rings (SSSR count).